The van der Waals surface area contributed by atoms with E-state index in [0.29, 0.717) is 12.0 Å². The minimum Gasteiger partial charge on any atom is -0.385 e. The van der Waals surface area contributed by atoms with Crippen LogP contribution in [-0.4, -0.2) is 45.2 Å². The molecule has 35 heavy (non-hydrogen) atoms. The van der Waals surface area contributed by atoms with Crippen molar-refractivity contribution in [3.05, 3.63) is 54.0 Å². The van der Waals surface area contributed by atoms with Crippen LogP contribution in [0.3, 0.4) is 0 Å². The highest BCUT2D eigenvalue weighted by atomic mass is 16.5. The quantitative estimate of drug-likeness (QED) is 0.380. The van der Waals surface area contributed by atoms with E-state index >= 15 is 0 Å². The number of aryl methyl sites for hydroxylation is 1. The highest BCUT2D eigenvalue weighted by Gasteiger charge is 2.35. The van der Waals surface area contributed by atoms with Crippen molar-refractivity contribution in [2.24, 2.45) is 5.92 Å². The van der Waals surface area contributed by atoms with E-state index in [9.17, 15) is 0 Å². The van der Waals surface area contributed by atoms with Gasteiger partial charge in [0.15, 0.2) is 0 Å². The van der Waals surface area contributed by atoms with E-state index in [-0.39, 0.29) is 12.3 Å². The zero-order valence-electron chi connectivity index (χ0n) is 21.6. The normalized spacial score (nSPS) is 24.3. The number of benzene rings is 1. The van der Waals surface area contributed by atoms with Crippen molar-refractivity contribution in [1.82, 2.24) is 19.4 Å². The fourth-order valence-electron chi connectivity index (χ4n) is 5.81. The first-order valence-corrected chi connectivity index (χ1v) is 13.4. The molecule has 188 valence electrons. The monoisotopic (exact) mass is 475 g/mol. The minimum atomic E-state index is 0.0335. The number of nitrogens with one attached hydrogen (secondary N) is 1. The molecule has 1 aromatic carbocycles. The third-order valence-electron chi connectivity index (χ3n) is 8.03. The Morgan fingerprint density at radius 2 is 2.11 bits per heavy atom. The number of H-pyrrole nitrogens is 1. The summed E-state index contributed by atoms with van der Waals surface area (Å²) in [5, 5.41) is 0. The molecule has 2 aromatic heterocycles. The topological polar surface area (TPSA) is 72.1 Å². The Bertz CT molecular complexity index is 1170. The molecule has 1 aliphatic heterocycles. The molecule has 5 rings (SSSR count). The number of aromatic amines is 1. The smallest absolute Gasteiger partial charge is 0.135 e. The molecule has 2 aliphatic rings. The van der Waals surface area contributed by atoms with Gasteiger partial charge in [0.2, 0.25) is 0 Å². The predicted octanol–water partition coefficient (Wildman–Crippen LogP) is 5.95. The molecule has 0 amide bonds. The summed E-state index contributed by atoms with van der Waals surface area (Å²) in [5.41, 5.74) is 12.1. The van der Waals surface area contributed by atoms with Crippen LogP contribution in [0.5, 0.6) is 0 Å². The molecule has 0 bridgehead atoms. The second-order valence-electron chi connectivity index (χ2n) is 10.9. The van der Waals surface area contributed by atoms with Gasteiger partial charge in [-0.15, -0.1) is 0 Å². The van der Waals surface area contributed by atoms with Gasteiger partial charge in [0.1, 0.15) is 17.9 Å². The van der Waals surface area contributed by atoms with E-state index < -0.39 is 0 Å². The number of rotatable bonds is 10. The molecular formula is C29H41N5O. The number of anilines is 1. The summed E-state index contributed by atoms with van der Waals surface area (Å²) in [6, 6.07) is 9.38. The van der Waals surface area contributed by atoms with Crippen LogP contribution in [0.4, 0.5) is 5.82 Å². The lowest BCUT2D eigenvalue weighted by Gasteiger charge is -2.42. The summed E-state index contributed by atoms with van der Waals surface area (Å²) in [6.45, 7) is 9.24. The molecule has 0 unspecified atom stereocenters. The number of hydrogen-bond donors (Lipinski definition) is 2. The summed E-state index contributed by atoms with van der Waals surface area (Å²) >= 11 is 0. The van der Waals surface area contributed by atoms with Gasteiger partial charge in [-0.1, -0.05) is 26.0 Å². The Morgan fingerprint density at radius 1 is 1.29 bits per heavy atom. The highest BCUT2D eigenvalue weighted by Crippen LogP contribution is 2.37. The molecule has 6 heteroatoms. The van der Waals surface area contributed by atoms with Crippen LogP contribution >= 0.6 is 0 Å². The van der Waals surface area contributed by atoms with Gasteiger partial charge in [0, 0.05) is 30.8 Å². The maximum Gasteiger partial charge on any atom is 0.135 e. The maximum atomic E-state index is 6.40. The third-order valence-corrected chi connectivity index (χ3v) is 8.03. The molecule has 0 radical (unpaired) electrons. The number of ether oxygens (including phenoxy) is 1. The molecule has 2 fully saturated rings. The summed E-state index contributed by atoms with van der Waals surface area (Å²) in [7, 11) is 2.25. The van der Waals surface area contributed by atoms with E-state index in [1.165, 1.54) is 36.8 Å². The molecular weight excluding hydrogens is 434 g/mol. The number of imidazole rings is 1. The number of allylic oxidation sites excluding steroid dienone is 1. The second-order valence-corrected chi connectivity index (χ2v) is 10.9. The van der Waals surface area contributed by atoms with E-state index in [1.807, 2.05) is 19.2 Å². The van der Waals surface area contributed by atoms with Crippen LogP contribution < -0.4 is 5.73 Å². The van der Waals surface area contributed by atoms with E-state index in [1.54, 1.807) is 0 Å². The second kappa shape index (κ2) is 10.2. The Hall–Kier alpha value is -2.57. The van der Waals surface area contributed by atoms with Gasteiger partial charge in [0.05, 0.1) is 17.1 Å². The van der Waals surface area contributed by atoms with Gasteiger partial charge in [0.25, 0.3) is 0 Å². The van der Waals surface area contributed by atoms with Crippen molar-refractivity contribution in [3.63, 3.8) is 0 Å². The highest BCUT2D eigenvalue weighted by molar-refractivity contribution is 5.76. The van der Waals surface area contributed by atoms with Crippen LogP contribution in [0.2, 0.25) is 0 Å². The first-order chi connectivity index (χ1) is 16.9. The minimum absolute atomic E-state index is 0.0335. The molecule has 2 atom stereocenters. The van der Waals surface area contributed by atoms with Crippen LogP contribution in [0.1, 0.15) is 75.6 Å². The number of nitrogen functional groups attached to an aromatic ring is 1. The summed E-state index contributed by atoms with van der Waals surface area (Å²) < 4.78 is 8.47. The fourth-order valence-corrected chi connectivity index (χ4v) is 5.81. The van der Waals surface area contributed by atoms with Gasteiger partial charge in [-0.2, -0.15) is 0 Å². The van der Waals surface area contributed by atoms with E-state index in [4.69, 9.17) is 15.5 Å². The fraction of sp³-hybridized carbons (Fsp3) is 0.552. The molecule has 3 heterocycles. The number of nitrogens with two attached hydrogens (primary N) is 1. The summed E-state index contributed by atoms with van der Waals surface area (Å²) in [6.07, 6.45) is 11.5. The van der Waals surface area contributed by atoms with Crippen molar-refractivity contribution in [2.75, 3.05) is 19.3 Å². The number of hydrogen-bond acceptors (Lipinski definition) is 4. The van der Waals surface area contributed by atoms with Gasteiger partial charge in [-0.05, 0) is 87.7 Å². The molecule has 1 saturated heterocycles. The van der Waals surface area contributed by atoms with Crippen LogP contribution in [0, 0.1) is 5.92 Å². The first-order valence-electron chi connectivity index (χ1n) is 13.4. The van der Waals surface area contributed by atoms with Crippen molar-refractivity contribution in [2.45, 2.75) is 83.6 Å². The van der Waals surface area contributed by atoms with Gasteiger partial charge in [-0.25, -0.2) is 4.98 Å². The van der Waals surface area contributed by atoms with Gasteiger partial charge in [-0.3, -0.25) is 0 Å². The Labute approximate surface area is 209 Å². The van der Waals surface area contributed by atoms with E-state index in [0.717, 1.165) is 60.5 Å². The van der Waals surface area contributed by atoms with Crippen molar-refractivity contribution >= 4 is 22.4 Å². The molecule has 1 aliphatic carbocycles. The predicted molar refractivity (Wildman–Crippen MR) is 144 cm³/mol. The van der Waals surface area contributed by atoms with Crippen molar-refractivity contribution in [1.29, 1.82) is 0 Å². The lowest BCUT2D eigenvalue weighted by atomic mass is 9.77. The van der Waals surface area contributed by atoms with Crippen LogP contribution in [0.25, 0.3) is 16.6 Å². The number of fused-ring (bicyclic) bond motifs is 1. The van der Waals surface area contributed by atoms with Crippen molar-refractivity contribution in [3.8, 4) is 0 Å². The number of nitrogens with zero attached hydrogens (tertiary/aromatic N) is 3. The molecule has 3 aromatic rings. The van der Waals surface area contributed by atoms with E-state index in [2.05, 4.69) is 53.2 Å². The lowest BCUT2D eigenvalue weighted by molar-refractivity contribution is -0.0240. The molecule has 3 N–H and O–H groups in total. The van der Waals surface area contributed by atoms with Crippen LogP contribution in [-0.2, 0) is 17.6 Å². The lowest BCUT2D eigenvalue weighted by Crippen LogP contribution is -2.46. The third kappa shape index (κ3) is 5.19. The Balaban J connectivity index is 1.09. The molecule has 0 spiro atoms. The maximum absolute atomic E-state index is 6.40. The van der Waals surface area contributed by atoms with Gasteiger partial charge >= 0.3 is 0 Å². The largest absolute Gasteiger partial charge is 0.385 e. The average Bonchev–Trinajstić information content (AvgIpc) is 3.51. The van der Waals surface area contributed by atoms with Crippen LogP contribution in [0.15, 0.2) is 37.0 Å². The first kappa shape index (κ1) is 24.1. The zero-order valence-corrected chi connectivity index (χ0v) is 21.6. The zero-order chi connectivity index (χ0) is 24.5. The summed E-state index contributed by atoms with van der Waals surface area (Å²) in [5.74, 6) is 2.61. The Kier molecular flexibility index (Phi) is 7.03. The average molecular weight is 476 g/mol. The number of unbranched alkanes of at least 4 members (excludes halogenated alkanes) is 1. The number of likely N-dealkylation sites (N-methyl/N-ethyl adjacent to an activating group) is 1. The molecule has 1 saturated carbocycles. The number of aromatic nitrogens is 3. The standard InChI is InChI=1S/C29H41N5O/c1-5-6-7-20-8-10-25-26(16-20)32-27(31-25)17-21-14-22(15-21)33(4)18-23-9-11-28(35-23)34-13-12-24(19(2)3)29(34)30/h8,10,12-13,16,21-23,28H,2,5-7,9,11,14-15,17-18,30H2,1,3-4H3,(H,31,32)/t21?,22?,23-,28+/m0/s1. The van der Waals surface area contributed by atoms with Crippen molar-refractivity contribution < 1.29 is 4.74 Å². The Morgan fingerprint density at radius 3 is 2.86 bits per heavy atom. The SMILES string of the molecule is C=C(C)c1ccn([C@H]2CC[C@@H](CN(C)C3CC(Cc4nc5ccc(CCCC)cc5[nH]4)C3)O2)c1N. The molecule has 6 nitrogen and oxygen atoms in total. The summed E-state index contributed by atoms with van der Waals surface area (Å²) in [4.78, 5) is 10.9. The van der Waals surface area contributed by atoms with Gasteiger partial charge < -0.3 is 24.9 Å².